The molecule has 96 valence electrons. The summed E-state index contributed by atoms with van der Waals surface area (Å²) in [5.74, 6) is 0. The Morgan fingerprint density at radius 1 is 1.39 bits per heavy atom. The molecule has 0 aliphatic rings. The number of aliphatic hydroxyl groups excluding tert-OH is 1. The van der Waals surface area contributed by atoms with Crippen LogP contribution in [0.3, 0.4) is 0 Å². The molecule has 0 amide bonds. The van der Waals surface area contributed by atoms with Crippen LogP contribution in [0.5, 0.6) is 0 Å². The first-order valence-electron chi connectivity index (χ1n) is 5.88. The fourth-order valence-electron chi connectivity index (χ4n) is 1.93. The van der Waals surface area contributed by atoms with E-state index in [1.165, 1.54) is 5.56 Å². The largest absolute Gasteiger partial charge is 0.399 e. The lowest BCUT2D eigenvalue weighted by Crippen LogP contribution is -2.24. The molecule has 1 atom stereocenters. The maximum atomic E-state index is 10.1. The maximum absolute atomic E-state index is 10.1. The first-order valence-corrected chi connectivity index (χ1v) is 6.82. The van der Waals surface area contributed by atoms with Crippen LogP contribution in [0, 0.1) is 0 Å². The summed E-state index contributed by atoms with van der Waals surface area (Å²) >= 11 is 1.69. The number of nitrogen functional groups attached to an aromatic ring is 1. The minimum absolute atomic E-state index is 0.503. The minimum Gasteiger partial charge on any atom is -0.399 e. The lowest BCUT2D eigenvalue weighted by molar-refractivity contribution is 0.124. The van der Waals surface area contributed by atoms with Crippen LogP contribution in [0.1, 0.15) is 17.2 Å². The third-order valence-corrected chi connectivity index (χ3v) is 3.54. The second-order valence-electron chi connectivity index (χ2n) is 4.51. The van der Waals surface area contributed by atoms with Gasteiger partial charge in [0.15, 0.2) is 0 Å². The number of nitrogens with zero attached hydrogens (tertiary/aromatic N) is 1. The van der Waals surface area contributed by atoms with E-state index >= 15 is 0 Å². The summed E-state index contributed by atoms with van der Waals surface area (Å²) in [5, 5.41) is 14.3. The predicted octanol–water partition coefficient (Wildman–Crippen LogP) is 2.50. The standard InChI is InChI=1S/C14H18N2OS/c1-16(8-11-5-6-18-10-11)9-14(17)12-3-2-4-13(15)7-12/h2-7,10,14,17H,8-9,15H2,1H3. The molecule has 1 unspecified atom stereocenters. The van der Waals surface area contributed by atoms with E-state index in [2.05, 4.69) is 21.7 Å². The number of thiophene rings is 1. The van der Waals surface area contributed by atoms with Crippen LogP contribution in [-0.4, -0.2) is 23.6 Å². The Morgan fingerprint density at radius 2 is 2.22 bits per heavy atom. The Hall–Kier alpha value is -1.36. The van der Waals surface area contributed by atoms with E-state index in [4.69, 9.17) is 5.73 Å². The van der Waals surface area contributed by atoms with Gasteiger partial charge in [-0.25, -0.2) is 0 Å². The molecule has 0 radical (unpaired) electrons. The van der Waals surface area contributed by atoms with E-state index in [1.54, 1.807) is 11.3 Å². The van der Waals surface area contributed by atoms with Crippen molar-refractivity contribution in [1.29, 1.82) is 0 Å². The highest BCUT2D eigenvalue weighted by atomic mass is 32.1. The summed E-state index contributed by atoms with van der Waals surface area (Å²) in [6, 6.07) is 9.52. The number of anilines is 1. The molecule has 0 aliphatic carbocycles. The molecule has 0 spiro atoms. The van der Waals surface area contributed by atoms with E-state index in [9.17, 15) is 5.11 Å². The van der Waals surface area contributed by atoms with Gasteiger partial charge < -0.3 is 10.8 Å². The Balaban J connectivity index is 1.92. The quantitative estimate of drug-likeness (QED) is 0.814. The highest BCUT2D eigenvalue weighted by molar-refractivity contribution is 7.07. The Labute approximate surface area is 111 Å². The number of hydrogen-bond donors (Lipinski definition) is 2. The molecular weight excluding hydrogens is 244 g/mol. The zero-order chi connectivity index (χ0) is 13.0. The fraction of sp³-hybridized carbons (Fsp3) is 0.286. The van der Waals surface area contributed by atoms with Crippen molar-refractivity contribution in [2.24, 2.45) is 0 Å². The topological polar surface area (TPSA) is 49.5 Å². The lowest BCUT2D eigenvalue weighted by Gasteiger charge is -2.20. The third-order valence-electron chi connectivity index (χ3n) is 2.81. The Bertz CT molecular complexity index is 484. The summed E-state index contributed by atoms with van der Waals surface area (Å²) < 4.78 is 0. The van der Waals surface area contributed by atoms with E-state index in [-0.39, 0.29) is 0 Å². The molecule has 3 nitrogen and oxygen atoms in total. The van der Waals surface area contributed by atoms with Crippen LogP contribution in [0.2, 0.25) is 0 Å². The van der Waals surface area contributed by atoms with Gasteiger partial charge in [-0.1, -0.05) is 12.1 Å². The zero-order valence-electron chi connectivity index (χ0n) is 10.4. The van der Waals surface area contributed by atoms with Gasteiger partial charge in [-0.05, 0) is 47.1 Å². The number of nitrogens with two attached hydrogens (primary N) is 1. The third kappa shape index (κ3) is 3.57. The van der Waals surface area contributed by atoms with E-state index in [0.717, 1.165) is 12.1 Å². The summed E-state index contributed by atoms with van der Waals surface area (Å²) in [5.41, 5.74) is 8.55. The Kier molecular flexibility index (Phi) is 4.36. The van der Waals surface area contributed by atoms with Crippen LogP contribution in [0.25, 0.3) is 0 Å². The van der Waals surface area contributed by atoms with Crippen molar-refractivity contribution in [3.8, 4) is 0 Å². The molecule has 0 saturated heterocycles. The number of hydrogen-bond acceptors (Lipinski definition) is 4. The van der Waals surface area contributed by atoms with E-state index in [0.29, 0.717) is 12.2 Å². The predicted molar refractivity (Wildman–Crippen MR) is 76.5 cm³/mol. The van der Waals surface area contributed by atoms with E-state index in [1.807, 2.05) is 31.3 Å². The van der Waals surface area contributed by atoms with Crippen LogP contribution in [-0.2, 0) is 6.54 Å². The molecule has 18 heavy (non-hydrogen) atoms. The summed E-state index contributed by atoms with van der Waals surface area (Å²) in [6.45, 7) is 1.45. The Morgan fingerprint density at radius 3 is 2.89 bits per heavy atom. The molecular formula is C14H18N2OS. The number of aliphatic hydroxyl groups is 1. The monoisotopic (exact) mass is 262 g/mol. The number of benzene rings is 1. The average molecular weight is 262 g/mol. The molecule has 0 aliphatic heterocycles. The molecule has 4 heteroatoms. The second-order valence-corrected chi connectivity index (χ2v) is 5.29. The summed E-state index contributed by atoms with van der Waals surface area (Å²) in [7, 11) is 2.01. The van der Waals surface area contributed by atoms with Gasteiger partial charge in [-0.2, -0.15) is 11.3 Å². The molecule has 3 N–H and O–H groups in total. The number of rotatable bonds is 5. The zero-order valence-corrected chi connectivity index (χ0v) is 11.2. The van der Waals surface area contributed by atoms with Gasteiger partial charge in [-0.3, -0.25) is 4.90 Å². The molecule has 2 aromatic rings. The summed E-state index contributed by atoms with van der Waals surface area (Å²) in [4.78, 5) is 2.11. The van der Waals surface area contributed by atoms with Crippen molar-refractivity contribution >= 4 is 17.0 Å². The summed E-state index contributed by atoms with van der Waals surface area (Å²) in [6.07, 6.45) is -0.503. The van der Waals surface area contributed by atoms with Crippen molar-refractivity contribution in [3.63, 3.8) is 0 Å². The smallest absolute Gasteiger partial charge is 0.0917 e. The molecule has 1 aromatic carbocycles. The van der Waals surface area contributed by atoms with Gasteiger partial charge in [0.1, 0.15) is 0 Å². The normalized spacial score (nSPS) is 12.8. The fourth-order valence-corrected chi connectivity index (χ4v) is 2.59. The maximum Gasteiger partial charge on any atom is 0.0917 e. The first kappa shape index (κ1) is 13.1. The lowest BCUT2D eigenvalue weighted by atomic mass is 10.1. The molecule has 2 rings (SSSR count). The van der Waals surface area contributed by atoms with Gasteiger partial charge in [0.25, 0.3) is 0 Å². The molecule has 0 bridgehead atoms. The van der Waals surface area contributed by atoms with Crippen molar-refractivity contribution in [2.75, 3.05) is 19.3 Å². The minimum atomic E-state index is -0.503. The molecule has 0 fully saturated rings. The molecule has 1 heterocycles. The molecule has 0 saturated carbocycles. The van der Waals surface area contributed by atoms with Gasteiger partial charge in [0, 0.05) is 18.8 Å². The highest BCUT2D eigenvalue weighted by Crippen LogP contribution is 2.17. The van der Waals surface area contributed by atoms with Crippen molar-refractivity contribution in [2.45, 2.75) is 12.6 Å². The van der Waals surface area contributed by atoms with Gasteiger partial charge in [0.2, 0.25) is 0 Å². The van der Waals surface area contributed by atoms with Crippen LogP contribution in [0.4, 0.5) is 5.69 Å². The van der Waals surface area contributed by atoms with Gasteiger partial charge >= 0.3 is 0 Å². The van der Waals surface area contributed by atoms with Crippen molar-refractivity contribution in [3.05, 3.63) is 52.2 Å². The average Bonchev–Trinajstić information content (AvgIpc) is 2.81. The highest BCUT2D eigenvalue weighted by Gasteiger charge is 2.11. The second kappa shape index (κ2) is 6.00. The van der Waals surface area contributed by atoms with Crippen LogP contribution < -0.4 is 5.73 Å². The SMILES string of the molecule is CN(Cc1ccsc1)CC(O)c1cccc(N)c1. The van der Waals surface area contributed by atoms with E-state index < -0.39 is 6.10 Å². The van der Waals surface area contributed by atoms with Crippen LogP contribution in [0.15, 0.2) is 41.1 Å². The van der Waals surface area contributed by atoms with Gasteiger partial charge in [0.05, 0.1) is 6.10 Å². The van der Waals surface area contributed by atoms with Crippen molar-refractivity contribution in [1.82, 2.24) is 4.90 Å². The molecule has 1 aromatic heterocycles. The number of likely N-dealkylation sites (N-methyl/N-ethyl adjacent to an activating group) is 1. The van der Waals surface area contributed by atoms with Crippen molar-refractivity contribution < 1.29 is 5.11 Å². The van der Waals surface area contributed by atoms with Gasteiger partial charge in [-0.15, -0.1) is 0 Å². The first-order chi connectivity index (χ1) is 8.65. The van der Waals surface area contributed by atoms with Crippen LogP contribution >= 0.6 is 11.3 Å².